The van der Waals surface area contributed by atoms with E-state index in [1.54, 1.807) is 12.1 Å². The molecule has 1 aromatic heterocycles. The van der Waals surface area contributed by atoms with E-state index in [1.807, 2.05) is 0 Å². The average molecular weight is 341 g/mol. The molecule has 106 valence electrons. The van der Waals surface area contributed by atoms with Crippen LogP contribution in [-0.4, -0.2) is 41.9 Å². The Morgan fingerprint density at radius 2 is 2.11 bits per heavy atom. The van der Waals surface area contributed by atoms with Crippen molar-refractivity contribution in [3.8, 4) is 0 Å². The molecule has 1 aromatic rings. The van der Waals surface area contributed by atoms with Crippen molar-refractivity contribution < 1.29 is 8.42 Å². The summed E-state index contributed by atoms with van der Waals surface area (Å²) in [5, 5.41) is 0.772. The maximum Gasteiger partial charge on any atom is 0.244 e. The van der Waals surface area contributed by atoms with Crippen LogP contribution in [0.2, 0.25) is 0 Å². The summed E-state index contributed by atoms with van der Waals surface area (Å²) in [4.78, 5) is 4.34. The first-order valence-electron chi connectivity index (χ1n) is 5.63. The van der Waals surface area contributed by atoms with E-state index in [9.17, 15) is 8.42 Å². The molecule has 4 nitrogen and oxygen atoms in total. The van der Waals surface area contributed by atoms with E-state index in [4.69, 9.17) is 23.2 Å². The van der Waals surface area contributed by atoms with E-state index in [1.165, 1.54) is 32.1 Å². The van der Waals surface area contributed by atoms with Crippen LogP contribution in [0.15, 0.2) is 28.3 Å². The summed E-state index contributed by atoms with van der Waals surface area (Å²) in [6, 6.07) is 3.26. The van der Waals surface area contributed by atoms with Crippen molar-refractivity contribution in [3.63, 3.8) is 0 Å². The molecule has 0 amide bonds. The Kier molecular flexibility index (Phi) is 4.38. The topological polar surface area (TPSA) is 50.3 Å². The van der Waals surface area contributed by atoms with Crippen LogP contribution in [0.4, 0.5) is 0 Å². The third-order valence-electron chi connectivity index (χ3n) is 2.88. The van der Waals surface area contributed by atoms with Crippen molar-refractivity contribution in [2.24, 2.45) is 5.92 Å². The monoisotopic (exact) mass is 340 g/mol. The molecule has 0 aromatic carbocycles. The summed E-state index contributed by atoms with van der Waals surface area (Å²) >= 11 is 13.4. The fraction of sp³-hybridized carbons (Fsp3) is 0.545. The summed E-state index contributed by atoms with van der Waals surface area (Å²) < 4.78 is 24.3. The fourth-order valence-electron chi connectivity index (χ4n) is 1.45. The Balaban J connectivity index is 1.99. The van der Waals surface area contributed by atoms with Gasteiger partial charge in [-0.1, -0.05) is 0 Å². The number of nitrogens with zero attached hydrogens (tertiary/aromatic N) is 2. The van der Waals surface area contributed by atoms with Gasteiger partial charge in [-0.15, -0.1) is 35.0 Å². The van der Waals surface area contributed by atoms with E-state index < -0.39 is 14.4 Å². The molecular weight excluding hydrogens is 327 g/mol. The van der Waals surface area contributed by atoms with E-state index in [2.05, 4.69) is 4.98 Å². The summed E-state index contributed by atoms with van der Waals surface area (Å²) in [6.45, 7) is 0. The lowest BCUT2D eigenvalue weighted by Crippen LogP contribution is -2.22. The molecular formula is C11H14Cl2N2O2S2. The fourth-order valence-corrected chi connectivity index (χ4v) is 4.08. The van der Waals surface area contributed by atoms with E-state index >= 15 is 0 Å². The van der Waals surface area contributed by atoms with Gasteiger partial charge in [0, 0.05) is 32.0 Å². The number of pyridine rings is 1. The number of sulfonamides is 1. The Bertz CT molecular complexity index is 559. The molecule has 1 heterocycles. The van der Waals surface area contributed by atoms with Crippen molar-refractivity contribution in [1.29, 1.82) is 0 Å². The minimum Gasteiger partial charge on any atom is -0.249 e. The minimum atomic E-state index is -3.41. The number of rotatable bonds is 5. The lowest BCUT2D eigenvalue weighted by Gasteiger charge is -2.11. The predicted molar refractivity (Wildman–Crippen MR) is 78.4 cm³/mol. The highest BCUT2D eigenvalue weighted by atomic mass is 35.5. The summed E-state index contributed by atoms with van der Waals surface area (Å²) in [5.41, 5.74) is 0. The van der Waals surface area contributed by atoms with Crippen LogP contribution < -0.4 is 0 Å². The highest BCUT2D eigenvalue weighted by Crippen LogP contribution is 2.54. The van der Waals surface area contributed by atoms with Crippen molar-refractivity contribution in [3.05, 3.63) is 18.3 Å². The van der Waals surface area contributed by atoms with Gasteiger partial charge in [-0.3, -0.25) is 0 Å². The Morgan fingerprint density at radius 1 is 1.47 bits per heavy atom. The van der Waals surface area contributed by atoms with E-state index in [0.29, 0.717) is 0 Å². The molecule has 0 aliphatic heterocycles. The van der Waals surface area contributed by atoms with Crippen LogP contribution in [-0.2, 0) is 10.0 Å². The zero-order valence-electron chi connectivity index (χ0n) is 10.5. The first kappa shape index (κ1) is 15.4. The normalized spacial score (nSPS) is 21.6. The van der Waals surface area contributed by atoms with Gasteiger partial charge in [-0.05, 0) is 18.6 Å². The Labute approximate surface area is 127 Å². The smallest absolute Gasteiger partial charge is 0.244 e. The third-order valence-corrected chi connectivity index (χ3v) is 6.71. The second-order valence-corrected chi connectivity index (χ2v) is 9.33. The predicted octanol–water partition coefficient (Wildman–Crippen LogP) is 2.62. The van der Waals surface area contributed by atoms with Gasteiger partial charge in [-0.2, -0.15) is 0 Å². The third kappa shape index (κ3) is 3.55. The maximum absolute atomic E-state index is 11.8. The molecule has 1 aliphatic carbocycles. The molecule has 1 saturated carbocycles. The lowest BCUT2D eigenvalue weighted by molar-refractivity contribution is 0.520. The number of thioether (sulfide) groups is 1. The van der Waals surface area contributed by atoms with Gasteiger partial charge in [0.1, 0.15) is 9.23 Å². The van der Waals surface area contributed by atoms with Gasteiger partial charge < -0.3 is 0 Å². The van der Waals surface area contributed by atoms with Crippen molar-refractivity contribution >= 4 is 45.0 Å². The second kappa shape index (κ2) is 5.41. The van der Waals surface area contributed by atoms with Crippen LogP contribution >= 0.6 is 35.0 Å². The van der Waals surface area contributed by atoms with Gasteiger partial charge in [0.25, 0.3) is 0 Å². The highest BCUT2D eigenvalue weighted by Gasteiger charge is 2.51. The molecule has 19 heavy (non-hydrogen) atoms. The number of halogens is 2. The largest absolute Gasteiger partial charge is 0.249 e. The van der Waals surface area contributed by atoms with E-state index in [0.717, 1.165) is 21.5 Å². The van der Waals surface area contributed by atoms with Gasteiger partial charge in [0.15, 0.2) is 0 Å². The van der Waals surface area contributed by atoms with Crippen LogP contribution in [0, 0.1) is 5.92 Å². The SMILES string of the molecule is CN(C)S(=O)(=O)c1ccc(SCC2CC2(Cl)Cl)nc1. The minimum absolute atomic E-state index is 0.192. The zero-order valence-corrected chi connectivity index (χ0v) is 13.7. The number of alkyl halides is 2. The molecule has 1 fully saturated rings. The number of aromatic nitrogens is 1. The van der Waals surface area contributed by atoms with Crippen molar-refractivity contribution in [2.45, 2.75) is 20.7 Å². The molecule has 1 aliphatic rings. The molecule has 8 heteroatoms. The van der Waals surface area contributed by atoms with Gasteiger partial charge in [0.05, 0.1) is 5.03 Å². The number of hydrogen-bond acceptors (Lipinski definition) is 4. The molecule has 2 rings (SSSR count). The van der Waals surface area contributed by atoms with Crippen LogP contribution in [0.5, 0.6) is 0 Å². The standard InChI is InChI=1S/C11H14Cl2N2O2S2/c1-15(2)19(16,17)9-3-4-10(14-6-9)18-7-8-5-11(8,12)13/h3-4,6,8H,5,7H2,1-2H3. The van der Waals surface area contributed by atoms with Crippen LogP contribution in [0.25, 0.3) is 0 Å². The molecule has 1 unspecified atom stereocenters. The first-order chi connectivity index (χ1) is 8.73. The maximum atomic E-state index is 11.8. The summed E-state index contributed by atoms with van der Waals surface area (Å²) in [7, 11) is -0.428. The Morgan fingerprint density at radius 3 is 2.53 bits per heavy atom. The second-order valence-electron chi connectivity index (χ2n) is 4.59. The number of hydrogen-bond donors (Lipinski definition) is 0. The quantitative estimate of drug-likeness (QED) is 0.610. The molecule has 1 atom stereocenters. The average Bonchev–Trinajstić information content (AvgIpc) is 2.95. The van der Waals surface area contributed by atoms with Crippen LogP contribution in [0.1, 0.15) is 6.42 Å². The van der Waals surface area contributed by atoms with Crippen molar-refractivity contribution in [2.75, 3.05) is 19.8 Å². The highest BCUT2D eigenvalue weighted by molar-refractivity contribution is 7.99. The van der Waals surface area contributed by atoms with Crippen molar-refractivity contribution in [1.82, 2.24) is 9.29 Å². The molecule has 0 radical (unpaired) electrons. The molecule has 0 bridgehead atoms. The van der Waals surface area contributed by atoms with E-state index in [-0.39, 0.29) is 10.8 Å². The molecule has 0 N–H and O–H groups in total. The van der Waals surface area contributed by atoms with Gasteiger partial charge >= 0.3 is 0 Å². The zero-order chi connectivity index (χ0) is 14.3. The lowest BCUT2D eigenvalue weighted by atomic mass is 10.5. The summed E-state index contributed by atoms with van der Waals surface area (Å²) in [6.07, 6.45) is 2.18. The van der Waals surface area contributed by atoms with Gasteiger partial charge in [-0.25, -0.2) is 17.7 Å². The van der Waals surface area contributed by atoms with Crippen LogP contribution in [0.3, 0.4) is 0 Å². The Hall–Kier alpha value is -0.0100. The molecule has 0 spiro atoms. The molecule has 0 saturated heterocycles. The van der Waals surface area contributed by atoms with Gasteiger partial charge in [0.2, 0.25) is 10.0 Å². The summed E-state index contributed by atoms with van der Waals surface area (Å²) in [5.74, 6) is 1.08. The first-order valence-corrected chi connectivity index (χ1v) is 8.81.